The molecule has 3 heteroatoms. The molecule has 0 aliphatic heterocycles. The summed E-state index contributed by atoms with van der Waals surface area (Å²) in [5.74, 6) is 0. The lowest BCUT2D eigenvalue weighted by Crippen LogP contribution is -2.11. The SMILES string of the molecule is C=CCCCCC[Si](C)(Cl)Cl. The molecule has 0 nitrogen and oxygen atoms in total. The average molecular weight is 211 g/mol. The van der Waals surface area contributed by atoms with Gasteiger partial charge in [0.2, 0.25) is 6.69 Å². The van der Waals surface area contributed by atoms with Crippen LogP contribution in [0.25, 0.3) is 0 Å². The lowest BCUT2D eigenvalue weighted by atomic mass is 10.2. The van der Waals surface area contributed by atoms with E-state index in [0.717, 1.165) is 12.5 Å². The highest BCUT2D eigenvalue weighted by atomic mass is 35.7. The summed E-state index contributed by atoms with van der Waals surface area (Å²) in [5.41, 5.74) is 0. The smallest absolute Gasteiger partial charge is 0.146 e. The van der Waals surface area contributed by atoms with Crippen molar-refractivity contribution >= 4 is 28.9 Å². The Balaban J connectivity index is 3.08. The summed E-state index contributed by atoms with van der Waals surface area (Å²) >= 11 is 11.9. The first-order valence-electron chi connectivity index (χ1n) is 4.05. The molecule has 0 heterocycles. The first-order chi connectivity index (χ1) is 5.06. The van der Waals surface area contributed by atoms with Crippen LogP contribution in [0.5, 0.6) is 0 Å². The summed E-state index contributed by atoms with van der Waals surface area (Å²) in [5, 5.41) is 0. The molecule has 0 unspecified atom stereocenters. The molecule has 0 saturated heterocycles. The third kappa shape index (κ3) is 10.5. The van der Waals surface area contributed by atoms with E-state index in [2.05, 4.69) is 6.58 Å². The molecule has 0 amide bonds. The molecule has 0 aromatic heterocycles. The summed E-state index contributed by atoms with van der Waals surface area (Å²) < 4.78 is 0. The van der Waals surface area contributed by atoms with Crippen LogP contribution in [-0.4, -0.2) is 6.69 Å². The fraction of sp³-hybridized carbons (Fsp3) is 0.750. The van der Waals surface area contributed by atoms with Gasteiger partial charge in [0.15, 0.2) is 0 Å². The molecule has 0 aliphatic rings. The van der Waals surface area contributed by atoms with E-state index in [-0.39, 0.29) is 0 Å². The lowest BCUT2D eigenvalue weighted by molar-refractivity contribution is 0.726. The molecule has 0 bridgehead atoms. The van der Waals surface area contributed by atoms with Crippen molar-refractivity contribution in [3.05, 3.63) is 12.7 Å². The van der Waals surface area contributed by atoms with Gasteiger partial charge in [0.25, 0.3) is 0 Å². The van der Waals surface area contributed by atoms with Crippen LogP contribution in [0.1, 0.15) is 25.7 Å². The van der Waals surface area contributed by atoms with Crippen LogP contribution in [0.15, 0.2) is 12.7 Å². The molecule has 0 atom stereocenters. The second-order valence-electron chi connectivity index (χ2n) is 2.96. The molecule has 0 saturated carbocycles. The van der Waals surface area contributed by atoms with Crippen molar-refractivity contribution in [1.29, 1.82) is 0 Å². The highest BCUT2D eigenvalue weighted by molar-refractivity contribution is 7.44. The monoisotopic (exact) mass is 210 g/mol. The maximum atomic E-state index is 5.93. The standard InChI is InChI=1S/C8H16Cl2Si/c1-3-4-5-6-7-8-11(2,9)10/h3H,1,4-8H2,2H3. The molecule has 0 aromatic carbocycles. The van der Waals surface area contributed by atoms with Gasteiger partial charge in [-0.25, -0.2) is 0 Å². The fourth-order valence-corrected chi connectivity index (χ4v) is 2.57. The normalized spacial score (nSPS) is 11.5. The van der Waals surface area contributed by atoms with Gasteiger partial charge in [-0.1, -0.05) is 18.9 Å². The summed E-state index contributed by atoms with van der Waals surface area (Å²) in [6.07, 6.45) is 6.69. The van der Waals surface area contributed by atoms with Gasteiger partial charge in [0, 0.05) is 0 Å². The zero-order valence-electron chi connectivity index (χ0n) is 7.08. The van der Waals surface area contributed by atoms with E-state index in [1.807, 2.05) is 12.6 Å². The van der Waals surface area contributed by atoms with Crippen LogP contribution < -0.4 is 0 Å². The Morgan fingerprint density at radius 1 is 1.27 bits per heavy atom. The van der Waals surface area contributed by atoms with E-state index in [1.54, 1.807) is 0 Å². The molecule has 0 fully saturated rings. The predicted molar refractivity (Wildman–Crippen MR) is 56.8 cm³/mol. The van der Waals surface area contributed by atoms with E-state index >= 15 is 0 Å². The summed E-state index contributed by atoms with van der Waals surface area (Å²) in [6.45, 7) is 3.84. The first-order valence-corrected chi connectivity index (χ1v) is 8.78. The van der Waals surface area contributed by atoms with Crippen molar-refractivity contribution in [3.8, 4) is 0 Å². The van der Waals surface area contributed by atoms with Gasteiger partial charge < -0.3 is 0 Å². The molecule has 0 N–H and O–H groups in total. The van der Waals surface area contributed by atoms with Crippen LogP contribution >= 0.6 is 22.2 Å². The van der Waals surface area contributed by atoms with Gasteiger partial charge in [0.1, 0.15) is 0 Å². The van der Waals surface area contributed by atoms with Gasteiger partial charge in [0.05, 0.1) is 0 Å². The maximum Gasteiger partial charge on any atom is 0.248 e. The topological polar surface area (TPSA) is 0 Å². The second-order valence-corrected chi connectivity index (χ2v) is 11.2. The zero-order chi connectivity index (χ0) is 8.74. The van der Waals surface area contributed by atoms with E-state index in [9.17, 15) is 0 Å². The van der Waals surface area contributed by atoms with Crippen LogP contribution in [-0.2, 0) is 0 Å². The Bertz CT molecular complexity index is 107. The number of hydrogen-bond acceptors (Lipinski definition) is 0. The molecule has 0 radical (unpaired) electrons. The third-order valence-electron chi connectivity index (χ3n) is 1.52. The number of halogens is 2. The minimum atomic E-state index is -1.80. The first kappa shape index (κ1) is 11.5. The number of hydrogen-bond donors (Lipinski definition) is 0. The second kappa shape index (κ2) is 6.10. The zero-order valence-corrected chi connectivity index (χ0v) is 9.59. The molecule has 0 aromatic rings. The summed E-state index contributed by atoms with van der Waals surface area (Å²) in [7, 11) is 0. The molecule has 11 heavy (non-hydrogen) atoms. The van der Waals surface area contributed by atoms with Crippen molar-refractivity contribution in [2.45, 2.75) is 38.3 Å². The molecule has 0 rings (SSSR count). The Labute approximate surface area is 80.0 Å². The van der Waals surface area contributed by atoms with Crippen molar-refractivity contribution in [3.63, 3.8) is 0 Å². The van der Waals surface area contributed by atoms with Gasteiger partial charge in [-0.2, -0.15) is 0 Å². The van der Waals surface area contributed by atoms with Gasteiger partial charge >= 0.3 is 0 Å². The number of allylic oxidation sites excluding steroid dienone is 1. The van der Waals surface area contributed by atoms with Gasteiger partial charge in [-0.15, -0.1) is 28.7 Å². The largest absolute Gasteiger partial charge is 0.248 e. The molecular formula is C8H16Cl2Si. The quantitative estimate of drug-likeness (QED) is 0.266. The van der Waals surface area contributed by atoms with Crippen LogP contribution in [0, 0.1) is 0 Å². The van der Waals surface area contributed by atoms with Crippen molar-refractivity contribution in [2.24, 2.45) is 0 Å². The van der Waals surface area contributed by atoms with E-state index in [0.29, 0.717) is 0 Å². The Kier molecular flexibility index (Phi) is 6.40. The van der Waals surface area contributed by atoms with Crippen molar-refractivity contribution in [1.82, 2.24) is 0 Å². The number of rotatable bonds is 6. The van der Waals surface area contributed by atoms with E-state index < -0.39 is 6.69 Å². The Morgan fingerprint density at radius 3 is 2.36 bits per heavy atom. The van der Waals surface area contributed by atoms with Crippen LogP contribution in [0.3, 0.4) is 0 Å². The lowest BCUT2D eigenvalue weighted by Gasteiger charge is -2.08. The maximum absolute atomic E-state index is 5.93. The van der Waals surface area contributed by atoms with Crippen molar-refractivity contribution in [2.75, 3.05) is 0 Å². The Hall–Kier alpha value is 0.537. The number of unbranched alkanes of at least 4 members (excludes halogenated alkanes) is 3. The minimum Gasteiger partial charge on any atom is -0.146 e. The molecule has 0 aliphatic carbocycles. The average Bonchev–Trinajstić information content (AvgIpc) is 1.85. The molecular weight excluding hydrogens is 195 g/mol. The van der Waals surface area contributed by atoms with Crippen molar-refractivity contribution < 1.29 is 0 Å². The summed E-state index contributed by atoms with van der Waals surface area (Å²) in [6, 6.07) is 1.02. The Morgan fingerprint density at radius 2 is 1.91 bits per heavy atom. The minimum absolute atomic E-state index is 1.02. The third-order valence-corrected chi connectivity index (χ3v) is 3.89. The molecule has 66 valence electrons. The van der Waals surface area contributed by atoms with Gasteiger partial charge in [-0.05, 0) is 25.4 Å². The van der Waals surface area contributed by atoms with E-state index in [4.69, 9.17) is 22.2 Å². The fourth-order valence-electron chi connectivity index (χ4n) is 0.901. The highest BCUT2D eigenvalue weighted by Crippen LogP contribution is 2.22. The van der Waals surface area contributed by atoms with E-state index in [1.165, 1.54) is 19.3 Å². The highest BCUT2D eigenvalue weighted by Gasteiger charge is 2.19. The van der Waals surface area contributed by atoms with Crippen LogP contribution in [0.2, 0.25) is 12.6 Å². The van der Waals surface area contributed by atoms with Gasteiger partial charge in [-0.3, -0.25) is 0 Å². The van der Waals surface area contributed by atoms with Crippen LogP contribution in [0.4, 0.5) is 0 Å². The summed E-state index contributed by atoms with van der Waals surface area (Å²) in [4.78, 5) is 0. The predicted octanol–water partition coefficient (Wildman–Crippen LogP) is 4.28. The molecule has 0 spiro atoms.